The first-order chi connectivity index (χ1) is 20.9. The summed E-state index contributed by atoms with van der Waals surface area (Å²) in [6.45, 7) is 0.524. The van der Waals surface area contributed by atoms with Crippen molar-refractivity contribution in [3.63, 3.8) is 0 Å². The zero-order valence-electron chi connectivity index (χ0n) is 23.0. The molecule has 14 nitrogen and oxygen atoms in total. The van der Waals surface area contributed by atoms with E-state index in [2.05, 4.69) is 44.1 Å². The van der Waals surface area contributed by atoms with E-state index >= 15 is 0 Å². The van der Waals surface area contributed by atoms with Gasteiger partial charge in [-0.15, -0.1) is 0 Å². The number of aliphatic hydroxyl groups is 2. The summed E-state index contributed by atoms with van der Waals surface area (Å²) in [5.41, 5.74) is 2.99. The lowest BCUT2D eigenvalue weighted by atomic mass is 9.84. The SMILES string of the molecule is O=P(O)(O)CP(=O)(O)OCC1OC(n2cnc3c(N4CC(c5ccccc5)C(c5ccccc5)C4)nc(Cl)nc32)C(O)C1O. The quantitative estimate of drug-likeness (QED) is 0.129. The van der Waals surface area contributed by atoms with Crippen LogP contribution in [0.4, 0.5) is 5.82 Å². The molecule has 7 unspecified atom stereocenters. The maximum absolute atomic E-state index is 12.1. The number of fused-ring (bicyclic) bond motifs is 1. The zero-order chi connectivity index (χ0) is 31.2. The van der Waals surface area contributed by atoms with Crippen LogP contribution in [0.25, 0.3) is 11.2 Å². The molecule has 4 heterocycles. The lowest BCUT2D eigenvalue weighted by Gasteiger charge is -2.19. The van der Waals surface area contributed by atoms with Crippen LogP contribution < -0.4 is 4.90 Å². The van der Waals surface area contributed by atoms with E-state index in [4.69, 9.17) is 30.6 Å². The van der Waals surface area contributed by atoms with Crippen LogP contribution in [0.15, 0.2) is 67.0 Å². The van der Waals surface area contributed by atoms with E-state index in [0.717, 1.165) is 0 Å². The Morgan fingerprint density at radius 2 is 1.50 bits per heavy atom. The molecule has 4 aromatic rings. The second-order valence-electron chi connectivity index (χ2n) is 10.9. The van der Waals surface area contributed by atoms with Crippen molar-refractivity contribution in [2.75, 3.05) is 30.5 Å². The molecule has 0 bridgehead atoms. The van der Waals surface area contributed by atoms with Crippen molar-refractivity contribution < 1.29 is 43.3 Å². The van der Waals surface area contributed by atoms with Crippen LogP contribution in [0.3, 0.4) is 0 Å². The van der Waals surface area contributed by atoms with E-state index in [1.807, 2.05) is 36.4 Å². The fourth-order valence-electron chi connectivity index (χ4n) is 5.90. The van der Waals surface area contributed by atoms with E-state index in [9.17, 15) is 24.2 Å². The topological polar surface area (TPSA) is 201 Å². The second kappa shape index (κ2) is 12.2. The smallest absolute Gasteiger partial charge is 0.340 e. The lowest BCUT2D eigenvalue weighted by Crippen LogP contribution is -2.33. The highest BCUT2D eigenvalue weighted by molar-refractivity contribution is 7.70. The van der Waals surface area contributed by atoms with Crippen LogP contribution >= 0.6 is 26.8 Å². The van der Waals surface area contributed by atoms with Gasteiger partial charge in [-0.05, 0) is 22.7 Å². The van der Waals surface area contributed by atoms with Crippen molar-refractivity contribution >= 4 is 43.8 Å². The van der Waals surface area contributed by atoms with Gasteiger partial charge in [-0.3, -0.25) is 13.7 Å². The Balaban J connectivity index is 1.28. The average molecular weight is 666 g/mol. The molecule has 0 saturated carbocycles. The molecule has 44 heavy (non-hydrogen) atoms. The normalized spacial score (nSPS) is 27.2. The van der Waals surface area contributed by atoms with Gasteiger partial charge in [0.2, 0.25) is 5.28 Å². The Morgan fingerprint density at radius 1 is 0.909 bits per heavy atom. The Morgan fingerprint density at radius 3 is 2.07 bits per heavy atom. The van der Waals surface area contributed by atoms with Crippen molar-refractivity contribution in [1.29, 1.82) is 0 Å². The molecule has 0 radical (unpaired) electrons. The number of aliphatic hydroxyl groups excluding tert-OH is 2. The van der Waals surface area contributed by atoms with Crippen LogP contribution in [0.5, 0.6) is 0 Å². The van der Waals surface area contributed by atoms with E-state index in [1.165, 1.54) is 22.0 Å². The number of benzene rings is 2. The lowest BCUT2D eigenvalue weighted by molar-refractivity contribution is -0.0483. The van der Waals surface area contributed by atoms with Crippen LogP contribution in [-0.2, 0) is 18.4 Å². The van der Waals surface area contributed by atoms with Crippen molar-refractivity contribution in [2.24, 2.45) is 0 Å². The number of hydrogen-bond acceptors (Lipinski definition) is 10. The third-order valence-corrected chi connectivity index (χ3v) is 11.5. The highest BCUT2D eigenvalue weighted by Crippen LogP contribution is 2.55. The van der Waals surface area contributed by atoms with Crippen molar-refractivity contribution in [2.45, 2.75) is 36.4 Å². The standard InChI is InChI=1S/C27H30ClN5O9P2/c28-27-30-24(32-11-18(16-7-3-1-4-8-16)19(12-32)17-9-5-2-6-10-17)21-25(31-27)33(14-29-21)26-23(35)22(34)20(42-26)13-41-44(39,40)15-43(36,37)38/h1-10,14,18-20,22-23,26,34-35H,11-13,15H2,(H,39,40)(H2,36,37,38). The molecule has 2 aliphatic heterocycles. The Hall–Kier alpha value is -2.74. The van der Waals surface area contributed by atoms with Crippen LogP contribution in [-0.4, -0.2) is 88.3 Å². The number of hydrogen-bond donors (Lipinski definition) is 5. The molecule has 2 saturated heterocycles. The van der Waals surface area contributed by atoms with Gasteiger partial charge in [-0.2, -0.15) is 9.97 Å². The molecule has 2 aromatic carbocycles. The van der Waals surface area contributed by atoms with E-state index in [1.54, 1.807) is 0 Å². The highest BCUT2D eigenvalue weighted by atomic mass is 35.5. The van der Waals surface area contributed by atoms with Gasteiger partial charge >= 0.3 is 15.2 Å². The summed E-state index contributed by atoms with van der Waals surface area (Å²) in [6, 6.07) is 20.4. The molecule has 7 atom stereocenters. The third kappa shape index (κ3) is 6.47. The maximum atomic E-state index is 12.1. The molecule has 0 amide bonds. The first kappa shape index (κ1) is 31.3. The number of aromatic nitrogens is 4. The Labute approximate surface area is 256 Å². The molecule has 0 spiro atoms. The largest absolute Gasteiger partial charge is 0.387 e. The Bertz CT molecular complexity index is 1680. The fourth-order valence-corrected chi connectivity index (χ4v) is 8.62. The van der Waals surface area contributed by atoms with Crippen LogP contribution in [0.2, 0.25) is 5.28 Å². The predicted octanol–water partition coefficient (Wildman–Crippen LogP) is 2.82. The molecule has 5 N–H and O–H groups in total. The number of nitrogens with zero attached hydrogens (tertiary/aromatic N) is 5. The van der Waals surface area contributed by atoms with Gasteiger partial charge in [0.25, 0.3) is 0 Å². The third-order valence-electron chi connectivity index (χ3n) is 7.87. The van der Waals surface area contributed by atoms with E-state index < -0.39 is 52.2 Å². The van der Waals surface area contributed by atoms with Gasteiger partial charge in [0.05, 0.1) is 12.9 Å². The molecule has 17 heteroatoms. The van der Waals surface area contributed by atoms with Crippen molar-refractivity contribution in [3.05, 3.63) is 83.4 Å². The van der Waals surface area contributed by atoms with Gasteiger partial charge in [0.15, 0.2) is 29.1 Å². The van der Waals surface area contributed by atoms with Gasteiger partial charge in [0, 0.05) is 24.9 Å². The zero-order valence-corrected chi connectivity index (χ0v) is 25.6. The minimum absolute atomic E-state index is 0.0692. The molecular formula is C27H30ClN5O9P2. The number of imidazole rings is 1. The first-order valence-corrected chi connectivity index (χ1v) is 17.6. The summed E-state index contributed by atoms with van der Waals surface area (Å²) >= 11 is 6.41. The van der Waals surface area contributed by atoms with Crippen molar-refractivity contribution in [3.8, 4) is 0 Å². The number of rotatable bonds is 9. The first-order valence-electron chi connectivity index (χ1n) is 13.7. The molecule has 0 aliphatic carbocycles. The minimum atomic E-state index is -4.85. The van der Waals surface area contributed by atoms with Gasteiger partial charge < -0.3 is 39.1 Å². The van der Waals surface area contributed by atoms with Gasteiger partial charge in [0.1, 0.15) is 18.3 Å². The summed E-state index contributed by atoms with van der Waals surface area (Å²) in [6.07, 6.45) is -4.28. The number of ether oxygens (including phenoxy) is 1. The molecule has 234 valence electrons. The van der Waals surface area contributed by atoms with Crippen LogP contribution in [0, 0.1) is 0 Å². The highest BCUT2D eigenvalue weighted by Gasteiger charge is 2.46. The summed E-state index contributed by atoms with van der Waals surface area (Å²) in [4.78, 5) is 43.3. The van der Waals surface area contributed by atoms with Gasteiger partial charge in [-0.1, -0.05) is 60.7 Å². The molecular weight excluding hydrogens is 636 g/mol. The summed E-state index contributed by atoms with van der Waals surface area (Å²) in [5, 5.41) is 21.4. The molecule has 2 aliphatic rings. The maximum Gasteiger partial charge on any atom is 0.340 e. The van der Waals surface area contributed by atoms with E-state index in [0.29, 0.717) is 24.4 Å². The molecule has 6 rings (SSSR count). The van der Waals surface area contributed by atoms with E-state index in [-0.39, 0.29) is 22.8 Å². The fraction of sp³-hybridized carbons (Fsp3) is 0.370. The second-order valence-corrected chi connectivity index (χ2v) is 15.2. The van der Waals surface area contributed by atoms with Crippen LogP contribution in [0.1, 0.15) is 29.2 Å². The minimum Gasteiger partial charge on any atom is -0.387 e. The average Bonchev–Trinajstić information content (AvgIpc) is 3.68. The molecule has 2 fully saturated rings. The summed E-state index contributed by atoms with van der Waals surface area (Å²) in [7, 11) is -9.56. The van der Waals surface area contributed by atoms with Crippen molar-refractivity contribution in [1.82, 2.24) is 19.5 Å². The predicted molar refractivity (Wildman–Crippen MR) is 160 cm³/mol. The Kier molecular flexibility index (Phi) is 8.68. The number of halogens is 1. The summed E-state index contributed by atoms with van der Waals surface area (Å²) < 4.78 is 35.2. The molecule has 2 aromatic heterocycles. The van der Waals surface area contributed by atoms with Gasteiger partial charge in [-0.25, -0.2) is 4.98 Å². The summed E-state index contributed by atoms with van der Waals surface area (Å²) in [5.74, 6) is -0.613. The monoisotopic (exact) mass is 665 g/mol. The number of anilines is 1.